The molecule has 0 radical (unpaired) electrons. The molecule has 2 atom stereocenters. The zero-order valence-electron chi connectivity index (χ0n) is 14.0. The molecule has 0 aliphatic heterocycles. The summed E-state index contributed by atoms with van der Waals surface area (Å²) in [4.78, 5) is 12.2. The number of urea groups is 1. The second-order valence-electron chi connectivity index (χ2n) is 7.48. The third kappa shape index (κ3) is 3.80. The van der Waals surface area contributed by atoms with Crippen molar-refractivity contribution in [3.05, 3.63) is 23.2 Å². The fourth-order valence-electron chi connectivity index (χ4n) is 2.89. The van der Waals surface area contributed by atoms with E-state index in [0.717, 1.165) is 29.9 Å². The van der Waals surface area contributed by atoms with Crippen molar-refractivity contribution in [3.8, 4) is 0 Å². The Hall–Kier alpha value is -1.45. The van der Waals surface area contributed by atoms with Gasteiger partial charge in [0, 0.05) is 18.0 Å². The van der Waals surface area contributed by atoms with Gasteiger partial charge in [-0.25, -0.2) is 4.79 Å². The van der Waals surface area contributed by atoms with Crippen molar-refractivity contribution in [2.45, 2.75) is 66.5 Å². The van der Waals surface area contributed by atoms with Crippen LogP contribution < -0.4 is 10.6 Å². The SMILES string of the molecule is Cc1cc2c(o1)CC(C)(C)CC2NC(=O)NC(C)C(C)C. The molecule has 1 aromatic heterocycles. The van der Waals surface area contributed by atoms with Gasteiger partial charge in [0.1, 0.15) is 11.5 Å². The van der Waals surface area contributed by atoms with Crippen LogP contribution in [0.1, 0.15) is 64.2 Å². The van der Waals surface area contributed by atoms with Crippen LogP contribution in [0, 0.1) is 18.3 Å². The predicted molar refractivity (Wildman–Crippen MR) is 84.3 cm³/mol. The van der Waals surface area contributed by atoms with Crippen LogP contribution in [0.5, 0.6) is 0 Å². The molecule has 1 aliphatic carbocycles. The summed E-state index contributed by atoms with van der Waals surface area (Å²) in [5.41, 5.74) is 1.28. The molecule has 0 aromatic carbocycles. The standard InChI is InChI=1S/C17H28N2O2/c1-10(2)12(4)18-16(20)19-14-8-17(5,6)9-15-13(14)7-11(3)21-15/h7,10,12,14H,8-9H2,1-6H3,(H2,18,19,20). The zero-order chi connectivity index (χ0) is 15.8. The average Bonchev–Trinajstić information content (AvgIpc) is 2.67. The normalized spacial score (nSPS) is 21.8. The van der Waals surface area contributed by atoms with E-state index >= 15 is 0 Å². The van der Waals surface area contributed by atoms with Crippen LogP contribution in [0.2, 0.25) is 0 Å². The van der Waals surface area contributed by atoms with E-state index in [1.807, 2.05) is 13.8 Å². The molecule has 118 valence electrons. The van der Waals surface area contributed by atoms with E-state index in [9.17, 15) is 4.79 Å². The molecule has 4 nitrogen and oxygen atoms in total. The highest BCUT2D eigenvalue weighted by Crippen LogP contribution is 2.41. The lowest BCUT2D eigenvalue weighted by Crippen LogP contribution is -2.46. The molecule has 1 heterocycles. The van der Waals surface area contributed by atoms with Crippen LogP contribution in [0.15, 0.2) is 10.5 Å². The van der Waals surface area contributed by atoms with E-state index in [-0.39, 0.29) is 23.5 Å². The summed E-state index contributed by atoms with van der Waals surface area (Å²) >= 11 is 0. The molecule has 2 rings (SSSR count). The molecule has 0 spiro atoms. The first kappa shape index (κ1) is 15.9. The maximum atomic E-state index is 12.2. The van der Waals surface area contributed by atoms with Crippen LogP contribution in [-0.2, 0) is 6.42 Å². The van der Waals surface area contributed by atoms with E-state index in [0.29, 0.717) is 5.92 Å². The minimum Gasteiger partial charge on any atom is -0.466 e. The number of carbonyl (C=O) groups excluding carboxylic acids is 1. The van der Waals surface area contributed by atoms with Crippen molar-refractivity contribution in [3.63, 3.8) is 0 Å². The van der Waals surface area contributed by atoms with Gasteiger partial charge in [0.25, 0.3) is 0 Å². The Balaban J connectivity index is 2.10. The highest BCUT2D eigenvalue weighted by molar-refractivity contribution is 5.74. The smallest absolute Gasteiger partial charge is 0.315 e. The topological polar surface area (TPSA) is 54.3 Å². The minimum absolute atomic E-state index is 0.0283. The number of nitrogens with one attached hydrogen (secondary N) is 2. The lowest BCUT2D eigenvalue weighted by molar-refractivity contribution is 0.210. The number of hydrogen-bond donors (Lipinski definition) is 2. The van der Waals surface area contributed by atoms with Gasteiger partial charge in [-0.05, 0) is 37.7 Å². The summed E-state index contributed by atoms with van der Waals surface area (Å²) in [6, 6.07) is 2.15. The van der Waals surface area contributed by atoms with Crippen LogP contribution in [0.3, 0.4) is 0 Å². The number of carbonyl (C=O) groups is 1. The third-order valence-electron chi connectivity index (χ3n) is 4.40. The van der Waals surface area contributed by atoms with Gasteiger partial charge in [0.05, 0.1) is 6.04 Å². The molecule has 2 N–H and O–H groups in total. The van der Waals surface area contributed by atoms with Gasteiger partial charge < -0.3 is 15.1 Å². The van der Waals surface area contributed by atoms with Gasteiger partial charge in [-0.2, -0.15) is 0 Å². The van der Waals surface area contributed by atoms with Crippen molar-refractivity contribution >= 4 is 6.03 Å². The molecule has 2 unspecified atom stereocenters. The average molecular weight is 292 g/mol. The highest BCUT2D eigenvalue weighted by Gasteiger charge is 2.35. The maximum absolute atomic E-state index is 12.2. The second-order valence-corrected chi connectivity index (χ2v) is 7.48. The summed E-state index contributed by atoms with van der Waals surface area (Å²) in [5.74, 6) is 2.36. The van der Waals surface area contributed by atoms with Crippen LogP contribution in [0.25, 0.3) is 0 Å². The van der Waals surface area contributed by atoms with Gasteiger partial charge >= 0.3 is 6.03 Å². The third-order valence-corrected chi connectivity index (χ3v) is 4.40. The molecule has 1 aromatic rings. The molecule has 0 bridgehead atoms. The van der Waals surface area contributed by atoms with Crippen molar-refractivity contribution in [2.75, 3.05) is 0 Å². The second kappa shape index (κ2) is 5.74. The Morgan fingerprint density at radius 1 is 1.38 bits per heavy atom. The predicted octanol–water partition coefficient (Wildman–Crippen LogP) is 3.95. The number of fused-ring (bicyclic) bond motifs is 1. The molecular weight excluding hydrogens is 264 g/mol. The minimum atomic E-state index is -0.0938. The molecule has 0 saturated carbocycles. The molecule has 0 saturated heterocycles. The van der Waals surface area contributed by atoms with E-state index in [1.54, 1.807) is 0 Å². The quantitative estimate of drug-likeness (QED) is 0.886. The summed E-state index contributed by atoms with van der Waals surface area (Å²) < 4.78 is 5.80. The molecule has 0 fully saturated rings. The number of hydrogen-bond acceptors (Lipinski definition) is 2. The Kier molecular flexibility index (Phi) is 4.35. The van der Waals surface area contributed by atoms with Crippen LogP contribution in [0.4, 0.5) is 4.79 Å². The van der Waals surface area contributed by atoms with Gasteiger partial charge in [0.15, 0.2) is 0 Å². The number of furan rings is 1. The molecule has 2 amide bonds. The van der Waals surface area contributed by atoms with Gasteiger partial charge in [0.2, 0.25) is 0 Å². The first-order valence-corrected chi connectivity index (χ1v) is 7.84. The number of aryl methyl sites for hydroxylation is 1. The van der Waals surface area contributed by atoms with E-state index in [2.05, 4.69) is 44.4 Å². The lowest BCUT2D eigenvalue weighted by Gasteiger charge is -2.35. The van der Waals surface area contributed by atoms with Gasteiger partial charge in [-0.1, -0.05) is 27.7 Å². The number of amides is 2. The summed E-state index contributed by atoms with van der Waals surface area (Å²) in [6.07, 6.45) is 1.86. The summed E-state index contributed by atoms with van der Waals surface area (Å²) in [6.45, 7) is 12.6. The zero-order valence-corrected chi connectivity index (χ0v) is 14.0. The van der Waals surface area contributed by atoms with Crippen molar-refractivity contribution < 1.29 is 9.21 Å². The first-order chi connectivity index (χ1) is 9.68. The van der Waals surface area contributed by atoms with E-state index in [1.165, 1.54) is 0 Å². The largest absolute Gasteiger partial charge is 0.466 e. The monoisotopic (exact) mass is 292 g/mol. The van der Waals surface area contributed by atoms with Crippen LogP contribution >= 0.6 is 0 Å². The Bertz CT molecular complexity index is 517. The van der Waals surface area contributed by atoms with Crippen molar-refractivity contribution in [1.29, 1.82) is 0 Å². The molecule has 4 heteroatoms. The van der Waals surface area contributed by atoms with E-state index in [4.69, 9.17) is 4.42 Å². The highest BCUT2D eigenvalue weighted by atomic mass is 16.3. The van der Waals surface area contributed by atoms with Gasteiger partial charge in [-0.3, -0.25) is 0 Å². The Labute approximate surface area is 127 Å². The Morgan fingerprint density at radius 2 is 2.05 bits per heavy atom. The van der Waals surface area contributed by atoms with Crippen LogP contribution in [-0.4, -0.2) is 12.1 Å². The fourth-order valence-corrected chi connectivity index (χ4v) is 2.89. The Morgan fingerprint density at radius 3 is 2.67 bits per heavy atom. The fraction of sp³-hybridized carbons (Fsp3) is 0.706. The maximum Gasteiger partial charge on any atom is 0.315 e. The summed E-state index contributed by atoms with van der Waals surface area (Å²) in [7, 11) is 0. The first-order valence-electron chi connectivity index (χ1n) is 7.84. The summed E-state index contributed by atoms with van der Waals surface area (Å²) in [5, 5.41) is 6.13. The molecule has 21 heavy (non-hydrogen) atoms. The lowest BCUT2D eigenvalue weighted by atomic mass is 9.75. The molecule has 1 aliphatic rings. The molecular formula is C17H28N2O2. The number of rotatable bonds is 3. The van der Waals surface area contributed by atoms with E-state index < -0.39 is 0 Å². The van der Waals surface area contributed by atoms with Crippen molar-refractivity contribution in [2.24, 2.45) is 11.3 Å². The van der Waals surface area contributed by atoms with Crippen molar-refractivity contribution in [1.82, 2.24) is 10.6 Å². The van der Waals surface area contributed by atoms with Gasteiger partial charge in [-0.15, -0.1) is 0 Å².